The van der Waals surface area contributed by atoms with E-state index in [0.29, 0.717) is 11.7 Å². The van der Waals surface area contributed by atoms with Gasteiger partial charge in [0.05, 0.1) is 11.2 Å². The molecule has 0 saturated heterocycles. The molecule has 2 N–H and O–H groups in total. The van der Waals surface area contributed by atoms with E-state index < -0.39 is 5.54 Å². The Morgan fingerprint density at radius 2 is 2.10 bits per heavy atom. The number of nitrogens with zero attached hydrogens (tertiary/aromatic N) is 4. The van der Waals surface area contributed by atoms with Crippen LogP contribution in [0.5, 0.6) is 0 Å². The maximum absolute atomic E-state index is 6.43. The van der Waals surface area contributed by atoms with Gasteiger partial charge in [0.2, 0.25) is 0 Å². The molecule has 0 bridgehead atoms. The van der Waals surface area contributed by atoms with E-state index in [1.54, 1.807) is 4.68 Å². The van der Waals surface area contributed by atoms with Gasteiger partial charge in [0.1, 0.15) is 5.69 Å². The molecule has 108 valence electrons. The van der Waals surface area contributed by atoms with Crippen LogP contribution in [0.2, 0.25) is 0 Å². The maximum atomic E-state index is 6.43. The van der Waals surface area contributed by atoms with E-state index in [1.165, 1.54) is 6.42 Å². The van der Waals surface area contributed by atoms with Crippen molar-refractivity contribution in [3.63, 3.8) is 0 Å². The Morgan fingerprint density at radius 1 is 1.35 bits per heavy atom. The highest BCUT2D eigenvalue weighted by atomic mass is 16.5. The highest BCUT2D eigenvalue weighted by Crippen LogP contribution is 2.34. The van der Waals surface area contributed by atoms with Gasteiger partial charge in [0.25, 0.3) is 5.89 Å². The lowest BCUT2D eigenvalue weighted by Crippen LogP contribution is -2.39. The highest BCUT2D eigenvalue weighted by molar-refractivity contribution is 5.48. The lowest BCUT2D eigenvalue weighted by molar-refractivity contribution is 0.275. The first kappa shape index (κ1) is 13.3. The fraction of sp³-hybridized carbons (Fsp3) is 0.643. The Balaban J connectivity index is 1.91. The number of hydrogen-bond donors (Lipinski definition) is 1. The third-order valence-corrected chi connectivity index (χ3v) is 4.13. The molecule has 1 aliphatic rings. The summed E-state index contributed by atoms with van der Waals surface area (Å²) in [6, 6.07) is 1.99. The van der Waals surface area contributed by atoms with Crippen LogP contribution in [0.15, 0.2) is 10.6 Å². The lowest BCUT2D eigenvalue weighted by Gasteiger charge is -2.29. The fourth-order valence-corrected chi connectivity index (χ4v) is 2.84. The minimum atomic E-state index is -0.424. The second-order valence-corrected chi connectivity index (χ2v) is 5.64. The van der Waals surface area contributed by atoms with Gasteiger partial charge in [-0.3, -0.25) is 4.68 Å². The summed E-state index contributed by atoms with van der Waals surface area (Å²) in [6.45, 7) is 2.07. The average molecular weight is 275 g/mol. The van der Waals surface area contributed by atoms with E-state index in [1.807, 2.05) is 13.1 Å². The van der Waals surface area contributed by atoms with E-state index in [4.69, 9.17) is 10.3 Å². The van der Waals surface area contributed by atoms with Crippen LogP contribution in [0, 0.1) is 0 Å². The molecule has 2 aromatic rings. The molecule has 0 unspecified atom stereocenters. The molecule has 0 aromatic carbocycles. The first-order chi connectivity index (χ1) is 9.62. The highest BCUT2D eigenvalue weighted by Gasteiger charge is 2.34. The SMILES string of the molecule is CCc1cc(-c2nc(C3(N)CCCCC3)no2)n(C)n1. The van der Waals surface area contributed by atoms with Crippen LogP contribution >= 0.6 is 0 Å². The second kappa shape index (κ2) is 5.01. The topological polar surface area (TPSA) is 82.8 Å². The van der Waals surface area contributed by atoms with Crippen molar-refractivity contribution in [2.75, 3.05) is 0 Å². The van der Waals surface area contributed by atoms with Gasteiger partial charge >= 0.3 is 0 Å². The molecule has 1 aliphatic carbocycles. The zero-order chi connectivity index (χ0) is 14.2. The Hall–Kier alpha value is -1.69. The molecular formula is C14H21N5O. The van der Waals surface area contributed by atoms with E-state index in [2.05, 4.69) is 22.2 Å². The van der Waals surface area contributed by atoms with Crippen molar-refractivity contribution in [2.45, 2.75) is 51.0 Å². The van der Waals surface area contributed by atoms with Gasteiger partial charge in [-0.05, 0) is 25.3 Å². The van der Waals surface area contributed by atoms with Crippen LogP contribution in [0.4, 0.5) is 0 Å². The van der Waals surface area contributed by atoms with Crippen molar-refractivity contribution in [1.82, 2.24) is 19.9 Å². The lowest BCUT2D eigenvalue weighted by atomic mass is 9.82. The predicted octanol–water partition coefficient (Wildman–Crippen LogP) is 2.15. The zero-order valence-corrected chi connectivity index (χ0v) is 12.1. The molecule has 0 spiro atoms. The molecule has 0 radical (unpaired) electrons. The Morgan fingerprint density at radius 3 is 2.75 bits per heavy atom. The molecule has 6 heteroatoms. The Bertz CT molecular complexity index is 594. The van der Waals surface area contributed by atoms with Crippen molar-refractivity contribution in [2.24, 2.45) is 12.8 Å². The number of rotatable bonds is 3. The quantitative estimate of drug-likeness (QED) is 0.928. The molecule has 2 heterocycles. The Labute approximate surface area is 118 Å². The van der Waals surface area contributed by atoms with Gasteiger partial charge in [0.15, 0.2) is 5.82 Å². The molecule has 3 rings (SSSR count). The van der Waals surface area contributed by atoms with Gasteiger partial charge in [-0.25, -0.2) is 0 Å². The van der Waals surface area contributed by atoms with Crippen LogP contribution in [-0.4, -0.2) is 19.9 Å². The van der Waals surface area contributed by atoms with Crippen molar-refractivity contribution in [3.05, 3.63) is 17.6 Å². The molecule has 2 aromatic heterocycles. The number of hydrogen-bond acceptors (Lipinski definition) is 5. The number of nitrogens with two attached hydrogens (primary N) is 1. The summed E-state index contributed by atoms with van der Waals surface area (Å²) in [6.07, 6.45) is 6.24. The van der Waals surface area contributed by atoms with Crippen molar-refractivity contribution in [3.8, 4) is 11.6 Å². The maximum Gasteiger partial charge on any atom is 0.276 e. The van der Waals surface area contributed by atoms with E-state index >= 15 is 0 Å². The van der Waals surface area contributed by atoms with E-state index in [0.717, 1.165) is 43.5 Å². The van der Waals surface area contributed by atoms with Gasteiger partial charge < -0.3 is 10.3 Å². The van der Waals surface area contributed by atoms with Crippen LogP contribution < -0.4 is 5.73 Å². The van der Waals surface area contributed by atoms with Crippen molar-refractivity contribution >= 4 is 0 Å². The Kier molecular flexibility index (Phi) is 3.33. The standard InChI is InChI=1S/C14H21N5O/c1-3-10-9-11(19(2)17-10)12-16-13(18-20-12)14(15)7-5-4-6-8-14/h9H,3-8,15H2,1-2H3. The third kappa shape index (κ3) is 2.24. The van der Waals surface area contributed by atoms with Gasteiger partial charge in [-0.1, -0.05) is 31.3 Å². The normalized spacial score (nSPS) is 18.4. The first-order valence-electron chi connectivity index (χ1n) is 7.29. The van der Waals surface area contributed by atoms with E-state index in [-0.39, 0.29) is 0 Å². The summed E-state index contributed by atoms with van der Waals surface area (Å²) in [5.74, 6) is 1.14. The van der Waals surface area contributed by atoms with Gasteiger partial charge in [-0.2, -0.15) is 10.1 Å². The third-order valence-electron chi connectivity index (χ3n) is 4.13. The second-order valence-electron chi connectivity index (χ2n) is 5.64. The summed E-state index contributed by atoms with van der Waals surface area (Å²) >= 11 is 0. The summed E-state index contributed by atoms with van der Waals surface area (Å²) < 4.78 is 7.18. The van der Waals surface area contributed by atoms with Gasteiger partial charge in [0, 0.05) is 7.05 Å². The largest absolute Gasteiger partial charge is 0.332 e. The van der Waals surface area contributed by atoms with Gasteiger partial charge in [-0.15, -0.1) is 0 Å². The van der Waals surface area contributed by atoms with Crippen molar-refractivity contribution in [1.29, 1.82) is 0 Å². The minimum absolute atomic E-state index is 0.424. The fourth-order valence-electron chi connectivity index (χ4n) is 2.84. The predicted molar refractivity (Wildman–Crippen MR) is 74.8 cm³/mol. The minimum Gasteiger partial charge on any atom is -0.332 e. The summed E-state index contributed by atoms with van der Waals surface area (Å²) in [4.78, 5) is 4.52. The molecular weight excluding hydrogens is 254 g/mol. The average Bonchev–Trinajstić information content (AvgIpc) is 3.06. The van der Waals surface area contributed by atoms with Crippen molar-refractivity contribution < 1.29 is 4.52 Å². The van der Waals surface area contributed by atoms with E-state index in [9.17, 15) is 0 Å². The number of aryl methyl sites for hydroxylation is 2. The van der Waals surface area contributed by atoms with Crippen LogP contribution in [0.1, 0.15) is 50.5 Å². The van der Waals surface area contributed by atoms with Crippen LogP contribution in [0.25, 0.3) is 11.6 Å². The summed E-state index contributed by atoms with van der Waals surface area (Å²) in [5.41, 5.74) is 7.87. The molecule has 1 saturated carbocycles. The smallest absolute Gasteiger partial charge is 0.276 e. The van der Waals surface area contributed by atoms with Crippen LogP contribution in [0.3, 0.4) is 0 Å². The molecule has 0 atom stereocenters. The molecule has 20 heavy (non-hydrogen) atoms. The molecule has 6 nitrogen and oxygen atoms in total. The van der Waals surface area contributed by atoms with Crippen LogP contribution in [-0.2, 0) is 19.0 Å². The first-order valence-corrected chi connectivity index (χ1v) is 7.29. The molecule has 0 aliphatic heterocycles. The molecule has 1 fully saturated rings. The zero-order valence-electron chi connectivity index (χ0n) is 12.1. The summed E-state index contributed by atoms with van der Waals surface area (Å²) in [5, 5.41) is 8.51. The number of aromatic nitrogens is 4. The summed E-state index contributed by atoms with van der Waals surface area (Å²) in [7, 11) is 1.89. The monoisotopic (exact) mass is 275 g/mol. The molecule has 0 amide bonds.